The van der Waals surface area contributed by atoms with E-state index in [1.807, 2.05) is 25.7 Å². The number of aromatic nitrogens is 2. The second kappa shape index (κ2) is 7.69. The van der Waals surface area contributed by atoms with Gasteiger partial charge in [0.1, 0.15) is 5.60 Å². The van der Waals surface area contributed by atoms with E-state index in [0.29, 0.717) is 30.3 Å². The highest BCUT2D eigenvalue weighted by Crippen LogP contribution is 2.25. The summed E-state index contributed by atoms with van der Waals surface area (Å²) in [4.78, 5) is 47.9. The van der Waals surface area contributed by atoms with Gasteiger partial charge in [0.25, 0.3) is 0 Å². The van der Waals surface area contributed by atoms with Crippen molar-refractivity contribution in [2.75, 3.05) is 25.0 Å². The number of Topliss-reactive ketones (excluding diaryl/α,β-unsaturated/α-hetero) is 1. The Kier molecular flexibility index (Phi) is 5.49. The summed E-state index contributed by atoms with van der Waals surface area (Å²) in [5, 5.41) is 0. The van der Waals surface area contributed by atoms with E-state index < -0.39 is 5.60 Å². The molecule has 0 N–H and O–H groups in total. The fourth-order valence-electron chi connectivity index (χ4n) is 3.38. The molecular weight excluding hydrogens is 360 g/mol. The molecule has 3 heterocycles. The SMILES string of the molecule is CN1C(=O)CC(=O)/C1=C/c1ccnc(N2CCC(CC(=O)OC(C)(C)C)C2)n1. The number of likely N-dealkylation sites (tertiary alicyclic amines) is 1. The molecule has 1 aromatic heterocycles. The van der Waals surface area contributed by atoms with Crippen LogP contribution in [0.4, 0.5) is 5.95 Å². The van der Waals surface area contributed by atoms with Crippen molar-refractivity contribution < 1.29 is 19.1 Å². The summed E-state index contributed by atoms with van der Waals surface area (Å²) in [6.07, 6.45) is 4.39. The summed E-state index contributed by atoms with van der Waals surface area (Å²) in [5.41, 5.74) is 0.441. The van der Waals surface area contributed by atoms with E-state index in [2.05, 4.69) is 9.97 Å². The zero-order valence-corrected chi connectivity index (χ0v) is 16.8. The van der Waals surface area contributed by atoms with E-state index in [9.17, 15) is 14.4 Å². The largest absolute Gasteiger partial charge is 0.460 e. The van der Waals surface area contributed by atoms with E-state index >= 15 is 0 Å². The third-order valence-corrected chi connectivity index (χ3v) is 4.73. The van der Waals surface area contributed by atoms with Crippen molar-refractivity contribution in [3.8, 4) is 0 Å². The van der Waals surface area contributed by atoms with Gasteiger partial charge in [0.2, 0.25) is 11.9 Å². The fraction of sp³-hybridized carbons (Fsp3) is 0.550. The molecule has 1 unspecified atom stereocenters. The Balaban J connectivity index is 1.66. The molecule has 0 spiro atoms. The van der Waals surface area contributed by atoms with Gasteiger partial charge in [-0.2, -0.15) is 0 Å². The van der Waals surface area contributed by atoms with Gasteiger partial charge in [-0.3, -0.25) is 14.4 Å². The molecular formula is C20H26N4O4. The summed E-state index contributed by atoms with van der Waals surface area (Å²) in [7, 11) is 1.59. The number of carbonyl (C=O) groups is 3. The molecule has 0 saturated carbocycles. The van der Waals surface area contributed by atoms with Gasteiger partial charge in [-0.15, -0.1) is 0 Å². The molecule has 2 saturated heterocycles. The number of esters is 1. The third kappa shape index (κ3) is 4.74. The average molecular weight is 386 g/mol. The maximum Gasteiger partial charge on any atom is 0.306 e. The van der Waals surface area contributed by atoms with Crippen LogP contribution in [0.5, 0.6) is 0 Å². The zero-order chi connectivity index (χ0) is 20.5. The van der Waals surface area contributed by atoms with E-state index in [-0.39, 0.29) is 30.0 Å². The standard InChI is InChI=1S/C20H26N4O4/c1-20(2,3)28-18(27)9-13-6-8-24(12-13)19-21-7-5-14(22-19)10-15-16(25)11-17(26)23(15)4/h5,7,10,13H,6,8-9,11-12H2,1-4H3/b15-10-. The molecule has 150 valence electrons. The molecule has 1 amide bonds. The summed E-state index contributed by atoms with van der Waals surface area (Å²) >= 11 is 0. The van der Waals surface area contributed by atoms with E-state index in [1.54, 1.807) is 25.4 Å². The van der Waals surface area contributed by atoms with Crippen LogP contribution in [0.15, 0.2) is 18.0 Å². The predicted octanol–water partition coefficient (Wildman–Crippen LogP) is 1.81. The summed E-state index contributed by atoms with van der Waals surface area (Å²) in [6, 6.07) is 1.70. The topological polar surface area (TPSA) is 92.7 Å². The number of hydrogen-bond acceptors (Lipinski definition) is 7. The molecule has 2 aliphatic heterocycles. The van der Waals surface area contributed by atoms with Crippen LogP contribution < -0.4 is 4.90 Å². The number of allylic oxidation sites excluding steroid dienone is 1. The van der Waals surface area contributed by atoms with Crippen LogP contribution in [0, 0.1) is 5.92 Å². The van der Waals surface area contributed by atoms with Gasteiger partial charge in [-0.25, -0.2) is 9.97 Å². The van der Waals surface area contributed by atoms with Gasteiger partial charge in [0.15, 0.2) is 5.78 Å². The summed E-state index contributed by atoms with van der Waals surface area (Å²) in [6.45, 7) is 7.01. The first-order chi connectivity index (χ1) is 13.1. The van der Waals surface area contributed by atoms with Gasteiger partial charge in [-0.1, -0.05) is 0 Å². The fourth-order valence-corrected chi connectivity index (χ4v) is 3.38. The van der Waals surface area contributed by atoms with Gasteiger partial charge in [0, 0.05) is 26.3 Å². The maximum atomic E-state index is 12.0. The number of rotatable bonds is 4. The Morgan fingerprint density at radius 1 is 1.36 bits per heavy atom. The molecule has 1 atom stereocenters. The number of ketones is 1. The molecule has 28 heavy (non-hydrogen) atoms. The Morgan fingerprint density at radius 3 is 2.75 bits per heavy atom. The molecule has 2 fully saturated rings. The number of carbonyl (C=O) groups excluding carboxylic acids is 3. The number of ether oxygens (including phenoxy) is 1. The first kappa shape index (κ1) is 20.0. The quantitative estimate of drug-likeness (QED) is 0.443. The number of nitrogens with zero attached hydrogens (tertiary/aromatic N) is 4. The Bertz CT molecular complexity index is 828. The van der Waals surface area contributed by atoms with Crippen LogP contribution in [-0.4, -0.2) is 58.3 Å². The van der Waals surface area contributed by atoms with Crippen LogP contribution in [-0.2, 0) is 19.1 Å². The minimum Gasteiger partial charge on any atom is -0.460 e. The molecule has 1 aromatic rings. The smallest absolute Gasteiger partial charge is 0.306 e. The average Bonchev–Trinajstić information content (AvgIpc) is 3.14. The maximum absolute atomic E-state index is 12.0. The molecule has 0 radical (unpaired) electrons. The molecule has 8 heteroatoms. The van der Waals surface area contributed by atoms with Crippen molar-refractivity contribution in [3.63, 3.8) is 0 Å². The monoisotopic (exact) mass is 386 g/mol. The summed E-state index contributed by atoms with van der Waals surface area (Å²) < 4.78 is 5.40. The number of hydrogen-bond donors (Lipinski definition) is 0. The van der Waals surface area contributed by atoms with Gasteiger partial charge < -0.3 is 14.5 Å². The lowest BCUT2D eigenvalue weighted by atomic mass is 10.1. The van der Waals surface area contributed by atoms with Crippen LogP contribution in [0.1, 0.15) is 45.7 Å². The Labute approximate surface area is 164 Å². The number of amides is 1. The first-order valence-corrected chi connectivity index (χ1v) is 9.43. The van der Waals surface area contributed by atoms with E-state index in [4.69, 9.17) is 4.74 Å². The lowest BCUT2D eigenvalue weighted by Gasteiger charge is -2.21. The molecule has 8 nitrogen and oxygen atoms in total. The number of anilines is 1. The summed E-state index contributed by atoms with van der Waals surface area (Å²) in [5.74, 6) is 0.147. The minimum atomic E-state index is -0.480. The normalized spacial score (nSPS) is 21.7. The van der Waals surface area contributed by atoms with Crippen molar-refractivity contribution in [1.82, 2.24) is 14.9 Å². The van der Waals surface area contributed by atoms with Crippen molar-refractivity contribution in [3.05, 3.63) is 23.7 Å². The van der Waals surface area contributed by atoms with Crippen molar-refractivity contribution in [1.29, 1.82) is 0 Å². The lowest BCUT2D eigenvalue weighted by molar-refractivity contribution is -0.155. The van der Waals surface area contributed by atoms with Crippen LogP contribution in [0.2, 0.25) is 0 Å². The zero-order valence-electron chi connectivity index (χ0n) is 16.8. The van der Waals surface area contributed by atoms with Gasteiger partial charge >= 0.3 is 5.97 Å². The molecule has 0 bridgehead atoms. The molecule has 0 aliphatic carbocycles. The lowest BCUT2D eigenvalue weighted by Crippen LogP contribution is -2.26. The number of likely N-dealkylation sites (N-methyl/N-ethyl adjacent to an activating group) is 1. The molecule has 0 aromatic carbocycles. The van der Waals surface area contributed by atoms with Crippen molar-refractivity contribution in [2.45, 2.75) is 45.6 Å². The Morgan fingerprint density at radius 2 is 2.11 bits per heavy atom. The molecule has 3 rings (SSSR count). The van der Waals surface area contributed by atoms with Gasteiger partial charge in [0.05, 0.1) is 24.2 Å². The van der Waals surface area contributed by atoms with Gasteiger partial charge in [-0.05, 0) is 45.3 Å². The minimum absolute atomic E-state index is 0.0985. The third-order valence-electron chi connectivity index (χ3n) is 4.73. The predicted molar refractivity (Wildman–Crippen MR) is 103 cm³/mol. The van der Waals surface area contributed by atoms with E-state index in [1.165, 1.54) is 4.90 Å². The van der Waals surface area contributed by atoms with Crippen LogP contribution >= 0.6 is 0 Å². The van der Waals surface area contributed by atoms with Crippen molar-refractivity contribution >= 4 is 29.7 Å². The van der Waals surface area contributed by atoms with Crippen LogP contribution in [0.25, 0.3) is 6.08 Å². The highest BCUT2D eigenvalue weighted by atomic mass is 16.6. The second-order valence-corrected chi connectivity index (χ2v) is 8.26. The second-order valence-electron chi connectivity index (χ2n) is 8.26. The Hall–Kier alpha value is -2.77. The highest BCUT2D eigenvalue weighted by Gasteiger charge is 2.31. The first-order valence-electron chi connectivity index (χ1n) is 9.43. The van der Waals surface area contributed by atoms with E-state index in [0.717, 1.165) is 13.0 Å². The van der Waals surface area contributed by atoms with Crippen molar-refractivity contribution in [2.24, 2.45) is 5.92 Å². The van der Waals surface area contributed by atoms with Crippen LogP contribution in [0.3, 0.4) is 0 Å². The molecule has 2 aliphatic rings. The highest BCUT2D eigenvalue weighted by molar-refractivity contribution is 6.16.